The van der Waals surface area contributed by atoms with Gasteiger partial charge in [0.2, 0.25) is 0 Å². The lowest BCUT2D eigenvalue weighted by Crippen LogP contribution is -2.52. The van der Waals surface area contributed by atoms with Crippen LogP contribution in [0.2, 0.25) is 0 Å². The zero-order valence-corrected chi connectivity index (χ0v) is 8.23. The summed E-state index contributed by atoms with van der Waals surface area (Å²) in [5.74, 6) is -1.12. The lowest BCUT2D eigenvalue weighted by molar-refractivity contribution is -0.141. The van der Waals surface area contributed by atoms with Crippen molar-refractivity contribution in [1.82, 2.24) is 5.32 Å². The van der Waals surface area contributed by atoms with Crippen LogP contribution < -0.4 is 5.32 Å². The summed E-state index contributed by atoms with van der Waals surface area (Å²) >= 11 is 1.34. The summed E-state index contributed by atoms with van der Waals surface area (Å²) in [5.41, 5.74) is 0. The number of carbonyl (C=O) groups is 2. The van der Waals surface area contributed by atoms with E-state index in [4.69, 9.17) is 10.2 Å². The largest absolute Gasteiger partial charge is 0.480 e. The molecule has 2 unspecified atom stereocenters. The monoisotopic (exact) mass is 227 g/mol. The molecule has 0 saturated carbocycles. The molecule has 3 N–H and O–H groups in total. The van der Waals surface area contributed by atoms with Crippen LogP contribution in [-0.4, -0.2) is 45.7 Å². The molecule has 0 aromatic carbocycles. The molecule has 76 valence electrons. The standard InChI is InChI=1S/C6H9NO4S.ClH/c8-5(9)3-1-12-2-4(7-3)6(10)11;/h3-4,7H,1-2H2,(H,8,9)(H,10,11);1H. The van der Waals surface area contributed by atoms with Crippen molar-refractivity contribution >= 4 is 36.1 Å². The van der Waals surface area contributed by atoms with E-state index in [-0.39, 0.29) is 12.4 Å². The van der Waals surface area contributed by atoms with Crippen LogP contribution in [0.4, 0.5) is 0 Å². The summed E-state index contributed by atoms with van der Waals surface area (Å²) in [7, 11) is 0. The van der Waals surface area contributed by atoms with Crippen LogP contribution in [0, 0.1) is 0 Å². The van der Waals surface area contributed by atoms with Gasteiger partial charge in [-0.2, -0.15) is 11.8 Å². The molecule has 0 aliphatic carbocycles. The fraction of sp³-hybridized carbons (Fsp3) is 0.667. The van der Waals surface area contributed by atoms with Gasteiger partial charge >= 0.3 is 11.9 Å². The Morgan fingerprint density at radius 2 is 1.54 bits per heavy atom. The Hall–Kier alpha value is -0.460. The maximum Gasteiger partial charge on any atom is 0.321 e. The van der Waals surface area contributed by atoms with Gasteiger partial charge in [-0.25, -0.2) is 0 Å². The Bertz CT molecular complexity index is 193. The Balaban J connectivity index is 0.00000144. The zero-order valence-electron chi connectivity index (χ0n) is 6.60. The molecule has 0 aromatic rings. The fourth-order valence-electron chi connectivity index (χ4n) is 0.928. The van der Waals surface area contributed by atoms with Crippen LogP contribution in [0.25, 0.3) is 0 Å². The number of carboxylic acid groups (broad SMARTS) is 2. The summed E-state index contributed by atoms with van der Waals surface area (Å²) < 4.78 is 0. The number of halogens is 1. The highest BCUT2D eigenvalue weighted by molar-refractivity contribution is 7.99. The van der Waals surface area contributed by atoms with Gasteiger partial charge < -0.3 is 10.2 Å². The first kappa shape index (κ1) is 12.5. The van der Waals surface area contributed by atoms with Crippen molar-refractivity contribution in [3.8, 4) is 0 Å². The van der Waals surface area contributed by atoms with Gasteiger partial charge in [0.25, 0.3) is 0 Å². The van der Waals surface area contributed by atoms with Crippen molar-refractivity contribution in [1.29, 1.82) is 0 Å². The Morgan fingerprint density at radius 1 is 1.15 bits per heavy atom. The molecule has 0 aromatic heterocycles. The highest BCUT2D eigenvalue weighted by atomic mass is 35.5. The van der Waals surface area contributed by atoms with Crippen molar-refractivity contribution in [3.05, 3.63) is 0 Å². The van der Waals surface area contributed by atoms with E-state index >= 15 is 0 Å². The maximum atomic E-state index is 10.5. The summed E-state index contributed by atoms with van der Waals surface area (Å²) in [6.45, 7) is 0. The Morgan fingerprint density at radius 3 is 1.85 bits per heavy atom. The van der Waals surface area contributed by atoms with Crippen LogP contribution in [0.3, 0.4) is 0 Å². The van der Waals surface area contributed by atoms with Crippen molar-refractivity contribution in [2.24, 2.45) is 0 Å². The minimum absolute atomic E-state index is 0. The highest BCUT2D eigenvalue weighted by Crippen LogP contribution is 2.12. The molecule has 2 atom stereocenters. The lowest BCUT2D eigenvalue weighted by Gasteiger charge is -2.24. The molecule has 0 bridgehead atoms. The van der Waals surface area contributed by atoms with Crippen LogP contribution in [-0.2, 0) is 9.59 Å². The number of hydrogen-bond acceptors (Lipinski definition) is 4. The van der Waals surface area contributed by atoms with Crippen LogP contribution in [0.5, 0.6) is 0 Å². The zero-order chi connectivity index (χ0) is 9.14. The summed E-state index contributed by atoms with van der Waals surface area (Å²) in [4.78, 5) is 20.9. The third-order valence-electron chi connectivity index (χ3n) is 1.57. The van der Waals surface area contributed by atoms with Crippen molar-refractivity contribution in [3.63, 3.8) is 0 Å². The lowest BCUT2D eigenvalue weighted by atomic mass is 10.2. The Labute approximate surface area is 85.3 Å². The van der Waals surface area contributed by atoms with Crippen LogP contribution in [0.15, 0.2) is 0 Å². The molecule has 1 saturated heterocycles. The predicted octanol–water partition coefficient (Wildman–Crippen LogP) is -0.349. The van der Waals surface area contributed by atoms with Gasteiger partial charge in [-0.3, -0.25) is 14.9 Å². The molecule has 1 rings (SSSR count). The molecule has 1 fully saturated rings. The third kappa shape index (κ3) is 3.41. The summed E-state index contributed by atoms with van der Waals surface area (Å²) in [5, 5.41) is 19.7. The van der Waals surface area contributed by atoms with Crippen LogP contribution >= 0.6 is 24.2 Å². The van der Waals surface area contributed by atoms with E-state index in [9.17, 15) is 9.59 Å². The molecule has 1 aliphatic rings. The third-order valence-corrected chi connectivity index (χ3v) is 2.71. The van der Waals surface area contributed by atoms with E-state index in [1.807, 2.05) is 0 Å². The average Bonchev–Trinajstić information content (AvgIpc) is 2.04. The molecule has 0 amide bonds. The number of aliphatic carboxylic acids is 2. The fourth-order valence-corrected chi connectivity index (χ4v) is 2.01. The van der Waals surface area contributed by atoms with Crippen molar-refractivity contribution in [2.75, 3.05) is 11.5 Å². The first-order chi connectivity index (χ1) is 5.61. The average molecular weight is 228 g/mol. The minimum atomic E-state index is -0.992. The SMILES string of the molecule is Cl.O=C(O)C1CSCC(C(=O)O)N1. The van der Waals surface area contributed by atoms with Gasteiger partial charge in [0, 0.05) is 11.5 Å². The maximum absolute atomic E-state index is 10.5. The van der Waals surface area contributed by atoms with Gasteiger partial charge in [0.15, 0.2) is 0 Å². The predicted molar refractivity (Wildman–Crippen MR) is 50.6 cm³/mol. The van der Waals surface area contributed by atoms with Gasteiger partial charge in [0.1, 0.15) is 12.1 Å². The van der Waals surface area contributed by atoms with E-state index < -0.39 is 24.0 Å². The first-order valence-electron chi connectivity index (χ1n) is 3.40. The van der Waals surface area contributed by atoms with Gasteiger partial charge in [-0.15, -0.1) is 12.4 Å². The second-order valence-corrected chi connectivity index (χ2v) is 3.56. The van der Waals surface area contributed by atoms with E-state index in [1.54, 1.807) is 0 Å². The molecule has 0 spiro atoms. The second-order valence-electron chi connectivity index (χ2n) is 2.49. The smallest absolute Gasteiger partial charge is 0.321 e. The van der Waals surface area contributed by atoms with Crippen LogP contribution in [0.1, 0.15) is 0 Å². The quantitative estimate of drug-likeness (QED) is 0.598. The van der Waals surface area contributed by atoms with E-state index in [0.29, 0.717) is 11.5 Å². The molecular formula is C6H10ClNO4S. The number of thioether (sulfide) groups is 1. The first-order valence-corrected chi connectivity index (χ1v) is 4.56. The topological polar surface area (TPSA) is 86.6 Å². The van der Waals surface area contributed by atoms with Gasteiger partial charge in [0.05, 0.1) is 0 Å². The van der Waals surface area contributed by atoms with Gasteiger partial charge in [-0.05, 0) is 0 Å². The minimum Gasteiger partial charge on any atom is -0.480 e. The normalized spacial score (nSPS) is 27.4. The van der Waals surface area contributed by atoms with E-state index in [0.717, 1.165) is 0 Å². The summed E-state index contributed by atoms with van der Waals surface area (Å²) in [6, 6.07) is -1.46. The van der Waals surface area contributed by atoms with E-state index in [1.165, 1.54) is 11.8 Å². The molecule has 7 heteroatoms. The highest BCUT2D eigenvalue weighted by Gasteiger charge is 2.30. The molecule has 1 aliphatic heterocycles. The number of nitrogens with one attached hydrogen (secondary N) is 1. The van der Waals surface area contributed by atoms with Crippen molar-refractivity contribution in [2.45, 2.75) is 12.1 Å². The van der Waals surface area contributed by atoms with Crippen molar-refractivity contribution < 1.29 is 19.8 Å². The summed E-state index contributed by atoms with van der Waals surface area (Å²) in [6.07, 6.45) is 0. The molecule has 0 radical (unpaired) electrons. The Kier molecular flexibility index (Phi) is 5.12. The number of hydrogen-bond donors (Lipinski definition) is 3. The number of rotatable bonds is 2. The second kappa shape index (κ2) is 5.31. The molecule has 5 nitrogen and oxygen atoms in total. The van der Waals surface area contributed by atoms with Gasteiger partial charge in [-0.1, -0.05) is 0 Å². The molecule has 1 heterocycles. The van der Waals surface area contributed by atoms with E-state index in [2.05, 4.69) is 5.32 Å². The molecular weight excluding hydrogens is 218 g/mol. The number of carboxylic acids is 2. The molecule has 13 heavy (non-hydrogen) atoms.